The molecule has 0 radical (unpaired) electrons. The van der Waals surface area contributed by atoms with Crippen LogP contribution in [0.2, 0.25) is 0 Å². The maximum absolute atomic E-state index is 13.8. The molecule has 0 atom stereocenters. The highest BCUT2D eigenvalue weighted by atomic mass is 19.2. The molecule has 4 aromatic rings. The van der Waals surface area contributed by atoms with Crippen molar-refractivity contribution in [2.45, 2.75) is 33.1 Å². The second-order valence-electron chi connectivity index (χ2n) is 7.83. The molecule has 0 fully saturated rings. The summed E-state index contributed by atoms with van der Waals surface area (Å²) in [4.78, 5) is 17.5. The maximum Gasteiger partial charge on any atom is 0.276 e. The molecule has 1 N–H and O–H groups in total. The minimum Gasteiger partial charge on any atom is -0.441 e. The van der Waals surface area contributed by atoms with Gasteiger partial charge in [-0.15, -0.1) is 0 Å². The van der Waals surface area contributed by atoms with Crippen LogP contribution in [0.1, 0.15) is 39.6 Å². The second-order valence-corrected chi connectivity index (χ2v) is 7.83. The van der Waals surface area contributed by atoms with Gasteiger partial charge in [0.1, 0.15) is 5.76 Å². The number of hydrogen-bond donors (Lipinski definition) is 1. The van der Waals surface area contributed by atoms with Crippen molar-refractivity contribution in [1.82, 2.24) is 14.8 Å². The topological polar surface area (TPSA) is 73.0 Å². The van der Waals surface area contributed by atoms with Crippen molar-refractivity contribution in [3.05, 3.63) is 82.5 Å². The lowest BCUT2D eigenvalue weighted by molar-refractivity contribution is 0.102. The molecule has 0 aliphatic heterocycles. The second kappa shape index (κ2) is 7.71. The highest BCUT2D eigenvalue weighted by molar-refractivity contribution is 6.04. The van der Waals surface area contributed by atoms with Crippen molar-refractivity contribution >= 4 is 11.6 Å². The minimum atomic E-state index is -0.954. The van der Waals surface area contributed by atoms with Gasteiger partial charge in [0.05, 0.1) is 11.4 Å². The molecule has 1 aliphatic rings. The molecule has 2 aromatic heterocycles. The first-order valence-corrected chi connectivity index (χ1v) is 10.3. The zero-order valence-corrected chi connectivity index (χ0v) is 17.6. The number of anilines is 1. The van der Waals surface area contributed by atoms with Crippen LogP contribution in [0.3, 0.4) is 0 Å². The van der Waals surface area contributed by atoms with Crippen molar-refractivity contribution in [3.63, 3.8) is 0 Å². The zero-order valence-electron chi connectivity index (χ0n) is 17.6. The molecule has 8 heteroatoms. The summed E-state index contributed by atoms with van der Waals surface area (Å²) in [7, 11) is 0. The van der Waals surface area contributed by atoms with E-state index in [2.05, 4.69) is 15.4 Å². The Hall–Kier alpha value is -3.81. The van der Waals surface area contributed by atoms with Gasteiger partial charge in [-0.25, -0.2) is 18.4 Å². The number of halogens is 2. The Bertz CT molecular complexity index is 1340. The van der Waals surface area contributed by atoms with Crippen LogP contribution < -0.4 is 5.32 Å². The summed E-state index contributed by atoms with van der Waals surface area (Å²) in [6.07, 6.45) is 2.29. The molecule has 2 heterocycles. The van der Waals surface area contributed by atoms with Gasteiger partial charge in [-0.2, -0.15) is 5.10 Å². The fourth-order valence-electron chi connectivity index (χ4n) is 3.97. The molecular formula is C24H20F2N4O2. The number of rotatable bonds is 4. The molecule has 0 saturated carbocycles. The minimum absolute atomic E-state index is 0.287. The predicted molar refractivity (Wildman–Crippen MR) is 115 cm³/mol. The number of nitrogens with zero attached hydrogens (tertiary/aromatic N) is 3. The predicted octanol–water partition coefficient (Wildman–Crippen LogP) is 5.16. The third kappa shape index (κ3) is 3.47. The first-order valence-electron chi connectivity index (χ1n) is 10.3. The van der Waals surface area contributed by atoms with E-state index in [9.17, 15) is 13.6 Å². The van der Waals surface area contributed by atoms with Crippen LogP contribution in [-0.4, -0.2) is 20.7 Å². The number of nitrogens with one attached hydrogen (secondary N) is 1. The quantitative estimate of drug-likeness (QED) is 0.481. The van der Waals surface area contributed by atoms with Crippen LogP contribution in [-0.2, 0) is 12.8 Å². The Morgan fingerprint density at radius 1 is 1.09 bits per heavy atom. The van der Waals surface area contributed by atoms with Gasteiger partial charge in [-0.1, -0.05) is 6.07 Å². The summed E-state index contributed by atoms with van der Waals surface area (Å²) in [6, 6.07) is 10.8. The van der Waals surface area contributed by atoms with Crippen LogP contribution in [0.5, 0.6) is 0 Å². The third-order valence-electron chi connectivity index (χ3n) is 5.69. The van der Waals surface area contributed by atoms with E-state index in [4.69, 9.17) is 4.42 Å². The van der Waals surface area contributed by atoms with Gasteiger partial charge in [0.15, 0.2) is 17.3 Å². The number of hydrogen-bond acceptors (Lipinski definition) is 4. The van der Waals surface area contributed by atoms with Crippen LogP contribution in [0.4, 0.5) is 14.5 Å². The van der Waals surface area contributed by atoms with Gasteiger partial charge in [0, 0.05) is 28.6 Å². The lowest BCUT2D eigenvalue weighted by atomic mass is 10.1. The van der Waals surface area contributed by atoms with Gasteiger partial charge in [0.2, 0.25) is 5.89 Å². The Morgan fingerprint density at radius 3 is 2.69 bits per heavy atom. The number of oxazole rings is 1. The number of amides is 1. The number of aryl methyl sites for hydroxylation is 2. The maximum atomic E-state index is 13.8. The van der Waals surface area contributed by atoms with Crippen molar-refractivity contribution in [2.24, 2.45) is 0 Å². The van der Waals surface area contributed by atoms with Gasteiger partial charge in [-0.05, 0) is 63.4 Å². The summed E-state index contributed by atoms with van der Waals surface area (Å²) in [5, 5.41) is 7.34. The van der Waals surface area contributed by atoms with E-state index in [-0.39, 0.29) is 11.6 Å². The molecular weight excluding hydrogens is 414 g/mol. The number of carbonyl (C=O) groups is 1. The van der Waals surface area contributed by atoms with E-state index >= 15 is 0 Å². The average molecular weight is 434 g/mol. The smallest absolute Gasteiger partial charge is 0.276 e. The summed E-state index contributed by atoms with van der Waals surface area (Å²) in [5.41, 5.74) is 4.50. The summed E-state index contributed by atoms with van der Waals surface area (Å²) in [6.45, 7) is 3.72. The highest BCUT2D eigenvalue weighted by Gasteiger charge is 2.27. The third-order valence-corrected chi connectivity index (χ3v) is 5.69. The monoisotopic (exact) mass is 434 g/mol. The van der Waals surface area contributed by atoms with Gasteiger partial charge >= 0.3 is 0 Å². The fourth-order valence-corrected chi connectivity index (χ4v) is 3.97. The Morgan fingerprint density at radius 2 is 1.94 bits per heavy atom. The Labute approximate surface area is 182 Å². The molecule has 0 unspecified atom stereocenters. The lowest BCUT2D eigenvalue weighted by Crippen LogP contribution is -2.15. The molecule has 1 amide bonds. The van der Waals surface area contributed by atoms with E-state index in [1.807, 2.05) is 26.0 Å². The standard InChI is InChI=1S/C24H20F2N4O2/c1-13-14(2)32-24(27-13)15-5-3-6-16(11-15)28-23(31)22-18-7-4-8-21(18)30(29-22)17-9-10-19(25)20(26)12-17/h3,5-6,9-12H,4,7-8H2,1-2H3,(H,28,31). The van der Waals surface area contributed by atoms with Crippen molar-refractivity contribution in [2.75, 3.05) is 5.32 Å². The van der Waals surface area contributed by atoms with E-state index in [0.29, 0.717) is 30.1 Å². The SMILES string of the molecule is Cc1nc(-c2cccc(NC(=O)c3nn(-c4ccc(F)c(F)c4)c4c3CCC4)c2)oc1C. The summed E-state index contributed by atoms with van der Waals surface area (Å²) in [5.74, 6) is -1.01. The van der Waals surface area contributed by atoms with Crippen molar-refractivity contribution < 1.29 is 18.0 Å². The normalized spacial score (nSPS) is 12.8. The van der Waals surface area contributed by atoms with Crippen molar-refractivity contribution in [3.8, 4) is 17.1 Å². The van der Waals surface area contributed by atoms with Crippen LogP contribution in [0.15, 0.2) is 46.9 Å². The summed E-state index contributed by atoms with van der Waals surface area (Å²) >= 11 is 0. The molecule has 32 heavy (non-hydrogen) atoms. The molecule has 2 aromatic carbocycles. The molecule has 162 valence electrons. The molecule has 0 bridgehead atoms. The number of carbonyl (C=O) groups excluding carboxylic acids is 1. The first kappa shape index (κ1) is 20.1. The van der Waals surface area contributed by atoms with Crippen LogP contribution >= 0.6 is 0 Å². The molecule has 0 saturated heterocycles. The van der Waals surface area contributed by atoms with E-state index in [1.165, 1.54) is 10.7 Å². The Kier molecular flexibility index (Phi) is 4.84. The van der Waals surface area contributed by atoms with Crippen molar-refractivity contribution in [1.29, 1.82) is 0 Å². The largest absolute Gasteiger partial charge is 0.441 e. The molecule has 5 rings (SSSR count). The van der Waals surface area contributed by atoms with Crippen LogP contribution in [0, 0.1) is 25.5 Å². The van der Waals surface area contributed by atoms with Gasteiger partial charge < -0.3 is 9.73 Å². The first-order chi connectivity index (χ1) is 15.4. The average Bonchev–Trinajstić information content (AvgIpc) is 3.46. The number of fused-ring (bicyclic) bond motifs is 1. The van der Waals surface area contributed by atoms with Gasteiger partial charge in [0.25, 0.3) is 5.91 Å². The Balaban J connectivity index is 1.46. The highest BCUT2D eigenvalue weighted by Crippen LogP contribution is 2.29. The molecule has 0 spiro atoms. The number of benzene rings is 2. The number of aromatic nitrogens is 3. The van der Waals surface area contributed by atoms with E-state index in [1.54, 1.807) is 12.1 Å². The van der Waals surface area contributed by atoms with E-state index in [0.717, 1.165) is 46.8 Å². The lowest BCUT2D eigenvalue weighted by Gasteiger charge is -2.07. The fraction of sp³-hybridized carbons (Fsp3) is 0.208. The van der Waals surface area contributed by atoms with Gasteiger partial charge in [-0.3, -0.25) is 4.79 Å². The zero-order chi connectivity index (χ0) is 22.4. The molecule has 6 nitrogen and oxygen atoms in total. The summed E-state index contributed by atoms with van der Waals surface area (Å²) < 4.78 is 34.3. The van der Waals surface area contributed by atoms with Crippen LogP contribution in [0.25, 0.3) is 17.1 Å². The van der Waals surface area contributed by atoms with E-state index < -0.39 is 11.6 Å². The molecule has 1 aliphatic carbocycles.